The lowest BCUT2D eigenvalue weighted by atomic mass is 9.85. The van der Waals surface area contributed by atoms with E-state index in [-0.39, 0.29) is 16.6 Å². The molecule has 24 heavy (non-hydrogen) atoms. The standard InChI is InChI=1S/C18H23NO2S.C2H4/c1-2-3-10-18(11-5-4-6-12-18)22-14-9-7-8-13-15(14)17(21)19-16(13)20;1-2/h7-9H,2-6,10-12H2,1H3,(H,19,20,21);1-2H2. The van der Waals surface area contributed by atoms with Crippen LogP contribution >= 0.6 is 11.8 Å². The average Bonchev–Trinajstić information content (AvgIpc) is 2.91. The number of carbonyl (C=O) groups is 2. The predicted octanol–water partition coefficient (Wildman–Crippen LogP) is 5.36. The molecule has 0 spiro atoms. The molecule has 1 aliphatic carbocycles. The minimum absolute atomic E-state index is 0.232. The lowest BCUT2D eigenvalue weighted by Crippen LogP contribution is -2.28. The van der Waals surface area contributed by atoms with Gasteiger partial charge in [0.05, 0.1) is 11.1 Å². The third-order valence-corrected chi connectivity index (χ3v) is 6.41. The third kappa shape index (κ3) is 3.92. The van der Waals surface area contributed by atoms with E-state index < -0.39 is 0 Å². The molecule has 1 aromatic rings. The highest BCUT2D eigenvalue weighted by Crippen LogP contribution is 2.48. The first-order valence-corrected chi connectivity index (χ1v) is 9.64. The van der Waals surface area contributed by atoms with Crippen LogP contribution in [-0.2, 0) is 0 Å². The summed E-state index contributed by atoms with van der Waals surface area (Å²) in [6, 6.07) is 5.65. The van der Waals surface area contributed by atoms with Crippen LogP contribution in [0.4, 0.5) is 0 Å². The Morgan fingerprint density at radius 1 is 1.12 bits per heavy atom. The number of fused-ring (bicyclic) bond motifs is 1. The van der Waals surface area contributed by atoms with Crippen molar-refractivity contribution in [3.8, 4) is 0 Å². The Morgan fingerprint density at radius 2 is 1.83 bits per heavy atom. The first-order chi connectivity index (χ1) is 11.7. The van der Waals surface area contributed by atoms with Crippen LogP contribution in [0.2, 0.25) is 0 Å². The molecule has 0 bridgehead atoms. The van der Waals surface area contributed by atoms with Gasteiger partial charge in [0.15, 0.2) is 0 Å². The first-order valence-electron chi connectivity index (χ1n) is 8.83. The van der Waals surface area contributed by atoms with Crippen LogP contribution in [0, 0.1) is 0 Å². The fraction of sp³-hybridized carbons (Fsp3) is 0.500. The van der Waals surface area contributed by atoms with Crippen molar-refractivity contribution in [2.45, 2.75) is 67.9 Å². The monoisotopic (exact) mass is 345 g/mol. The zero-order chi connectivity index (χ0) is 17.6. The molecule has 1 fully saturated rings. The summed E-state index contributed by atoms with van der Waals surface area (Å²) in [5.74, 6) is -0.488. The molecule has 1 N–H and O–H groups in total. The quantitative estimate of drug-likeness (QED) is 0.577. The lowest BCUT2D eigenvalue weighted by molar-refractivity contribution is 0.0879. The topological polar surface area (TPSA) is 46.2 Å². The number of benzene rings is 1. The van der Waals surface area contributed by atoms with E-state index in [4.69, 9.17) is 0 Å². The third-order valence-electron chi connectivity index (χ3n) is 4.80. The number of unbranched alkanes of at least 4 members (excludes halogenated alkanes) is 1. The van der Waals surface area contributed by atoms with E-state index in [1.807, 2.05) is 23.9 Å². The highest BCUT2D eigenvalue weighted by atomic mass is 32.2. The summed E-state index contributed by atoms with van der Waals surface area (Å²) < 4.78 is 0.245. The van der Waals surface area contributed by atoms with Gasteiger partial charge in [-0.25, -0.2) is 0 Å². The summed E-state index contributed by atoms with van der Waals surface area (Å²) in [6.45, 7) is 8.23. The molecule has 3 nitrogen and oxygen atoms in total. The summed E-state index contributed by atoms with van der Waals surface area (Å²) in [5.41, 5.74) is 1.13. The molecule has 0 saturated heterocycles. The summed E-state index contributed by atoms with van der Waals surface area (Å²) >= 11 is 1.85. The van der Waals surface area contributed by atoms with Crippen molar-refractivity contribution in [3.05, 3.63) is 42.5 Å². The molecule has 3 rings (SSSR count). The van der Waals surface area contributed by atoms with Crippen LogP contribution in [-0.4, -0.2) is 16.6 Å². The van der Waals surface area contributed by atoms with Gasteiger partial charge >= 0.3 is 0 Å². The Bertz CT molecular complexity index is 606. The predicted molar refractivity (Wildman–Crippen MR) is 101 cm³/mol. The van der Waals surface area contributed by atoms with Gasteiger partial charge in [0.25, 0.3) is 11.8 Å². The zero-order valence-electron chi connectivity index (χ0n) is 14.5. The second kappa shape index (κ2) is 8.52. The SMILES string of the molecule is C=C.CCCCC1(Sc2cccc3c2C(=O)NC3=O)CCCCC1. The minimum atomic E-state index is -0.256. The first kappa shape index (κ1) is 18.8. The van der Waals surface area contributed by atoms with Crippen molar-refractivity contribution in [1.82, 2.24) is 5.32 Å². The average molecular weight is 346 g/mol. The van der Waals surface area contributed by atoms with E-state index in [9.17, 15) is 9.59 Å². The molecule has 0 atom stereocenters. The molecule has 1 aliphatic heterocycles. The van der Waals surface area contributed by atoms with Gasteiger partial charge in [-0.15, -0.1) is 24.9 Å². The van der Waals surface area contributed by atoms with Crippen molar-refractivity contribution < 1.29 is 9.59 Å². The number of rotatable bonds is 5. The molecule has 1 aromatic carbocycles. The Labute approximate surface area is 149 Å². The summed E-state index contributed by atoms with van der Waals surface area (Å²) in [5, 5.41) is 2.42. The molecular formula is C20H27NO2S. The van der Waals surface area contributed by atoms with Gasteiger partial charge in [-0.05, 0) is 31.4 Å². The van der Waals surface area contributed by atoms with Crippen LogP contribution in [0.3, 0.4) is 0 Å². The maximum Gasteiger partial charge on any atom is 0.260 e. The van der Waals surface area contributed by atoms with E-state index in [2.05, 4.69) is 25.4 Å². The Balaban J connectivity index is 0.00000100. The second-order valence-electron chi connectivity index (χ2n) is 6.41. The molecule has 130 valence electrons. The summed E-state index contributed by atoms with van der Waals surface area (Å²) in [4.78, 5) is 24.9. The van der Waals surface area contributed by atoms with Gasteiger partial charge in [0.1, 0.15) is 0 Å². The summed E-state index contributed by atoms with van der Waals surface area (Å²) in [7, 11) is 0. The highest BCUT2D eigenvalue weighted by Gasteiger charge is 2.36. The van der Waals surface area contributed by atoms with Crippen molar-refractivity contribution in [3.63, 3.8) is 0 Å². The molecule has 1 saturated carbocycles. The van der Waals surface area contributed by atoms with E-state index in [1.54, 1.807) is 6.07 Å². The van der Waals surface area contributed by atoms with Gasteiger partial charge in [-0.3, -0.25) is 14.9 Å². The minimum Gasteiger partial charge on any atom is -0.288 e. The number of carbonyl (C=O) groups excluding carboxylic acids is 2. The van der Waals surface area contributed by atoms with Crippen LogP contribution in [0.5, 0.6) is 0 Å². The van der Waals surface area contributed by atoms with Crippen molar-refractivity contribution >= 4 is 23.6 Å². The molecule has 0 radical (unpaired) electrons. The van der Waals surface area contributed by atoms with Crippen LogP contribution in [0.15, 0.2) is 36.3 Å². The van der Waals surface area contributed by atoms with Gasteiger partial charge in [0.2, 0.25) is 0 Å². The molecule has 1 heterocycles. The fourth-order valence-electron chi connectivity index (χ4n) is 3.60. The number of thioether (sulfide) groups is 1. The molecular weight excluding hydrogens is 318 g/mol. The number of nitrogens with one attached hydrogen (secondary N) is 1. The lowest BCUT2D eigenvalue weighted by Gasteiger charge is -2.37. The van der Waals surface area contributed by atoms with Crippen molar-refractivity contribution in [1.29, 1.82) is 0 Å². The molecule has 0 aromatic heterocycles. The number of imide groups is 1. The molecule has 2 aliphatic rings. The molecule has 4 heteroatoms. The Kier molecular flexibility index (Phi) is 6.67. The maximum absolute atomic E-state index is 12.1. The van der Waals surface area contributed by atoms with Gasteiger partial charge in [-0.1, -0.05) is 45.1 Å². The van der Waals surface area contributed by atoms with E-state index >= 15 is 0 Å². The van der Waals surface area contributed by atoms with Gasteiger partial charge < -0.3 is 0 Å². The number of amides is 2. The maximum atomic E-state index is 12.1. The van der Waals surface area contributed by atoms with Crippen LogP contribution in [0.25, 0.3) is 0 Å². The van der Waals surface area contributed by atoms with E-state index in [0.717, 1.165) is 4.90 Å². The van der Waals surface area contributed by atoms with Crippen LogP contribution < -0.4 is 5.32 Å². The fourth-order valence-corrected chi connectivity index (χ4v) is 5.26. The number of hydrogen-bond acceptors (Lipinski definition) is 3. The number of hydrogen-bond donors (Lipinski definition) is 1. The van der Waals surface area contributed by atoms with E-state index in [1.165, 1.54) is 51.4 Å². The Morgan fingerprint density at radius 3 is 2.50 bits per heavy atom. The summed E-state index contributed by atoms with van der Waals surface area (Å²) in [6.07, 6.45) is 9.94. The zero-order valence-corrected chi connectivity index (χ0v) is 15.3. The van der Waals surface area contributed by atoms with Crippen LogP contribution in [0.1, 0.15) is 79.0 Å². The molecule has 0 unspecified atom stereocenters. The smallest absolute Gasteiger partial charge is 0.260 e. The van der Waals surface area contributed by atoms with Gasteiger partial charge in [-0.2, -0.15) is 0 Å². The van der Waals surface area contributed by atoms with E-state index in [0.29, 0.717) is 11.1 Å². The normalized spacial score (nSPS) is 18.4. The van der Waals surface area contributed by atoms with Crippen molar-refractivity contribution in [2.75, 3.05) is 0 Å². The van der Waals surface area contributed by atoms with Gasteiger partial charge in [0, 0.05) is 9.64 Å². The molecule has 2 amide bonds. The Hall–Kier alpha value is -1.55. The highest BCUT2D eigenvalue weighted by molar-refractivity contribution is 8.00. The largest absolute Gasteiger partial charge is 0.288 e. The van der Waals surface area contributed by atoms with Crippen molar-refractivity contribution in [2.24, 2.45) is 0 Å². The second-order valence-corrected chi connectivity index (χ2v) is 7.92.